The van der Waals surface area contributed by atoms with Gasteiger partial charge in [-0.2, -0.15) is 0 Å². The van der Waals surface area contributed by atoms with Gasteiger partial charge in [0.15, 0.2) is 0 Å². The molecule has 2 N–H and O–H groups in total. The normalized spacial score (nSPS) is 16.9. The fourth-order valence-electron chi connectivity index (χ4n) is 11.0. The van der Waals surface area contributed by atoms with Gasteiger partial charge in [0.25, 0.3) is 0 Å². The SMILES string of the molecule is O=C(O)CC(CN1C(=O)CCc2ccc(OCCCCN3CCN(c4cccc5sccc45)CC3)cc21)(CN1C(=O)CCc2ccc(OCCCCN3CCN(c4cccc5sccc45)CC3)cc21)C(=O)O. The van der Waals surface area contributed by atoms with Gasteiger partial charge in [-0.3, -0.25) is 29.0 Å². The molecule has 4 aromatic carbocycles. The van der Waals surface area contributed by atoms with Crippen molar-refractivity contribution in [2.45, 2.75) is 57.8 Å². The number of rotatable bonds is 21. The standard InChI is InChI=1S/C56H64N6O8S2/c63-52-17-13-40-11-15-42(69-31-3-1-21-57-23-27-59(28-24-57)46-7-5-9-50-44(46)19-33-71-50)35-48(40)61(52)38-56(55(67)68,37-54(65)66)39-62-49-36-43(16-12-41(49)14-18-53(62)64)70-32-4-2-22-58-25-29-60(30-26-58)47-8-6-10-51-45(47)20-34-72-51/h5-12,15-16,19-20,33-36H,1-4,13-14,17-18,21-32,37-39H2,(H,65,66)(H,67,68). The monoisotopic (exact) mass is 1010 g/mol. The van der Waals surface area contributed by atoms with Crippen LogP contribution in [0.4, 0.5) is 22.7 Å². The van der Waals surface area contributed by atoms with E-state index in [0.717, 1.165) is 102 Å². The number of anilines is 4. The highest BCUT2D eigenvalue weighted by Crippen LogP contribution is 2.40. The summed E-state index contributed by atoms with van der Waals surface area (Å²) < 4.78 is 15.1. The van der Waals surface area contributed by atoms with E-state index in [4.69, 9.17) is 9.47 Å². The van der Waals surface area contributed by atoms with Crippen molar-refractivity contribution in [3.05, 3.63) is 107 Å². The average molecular weight is 1010 g/mol. The Hall–Kier alpha value is -6.20. The molecule has 6 heterocycles. The molecular weight excluding hydrogens is 949 g/mol. The van der Waals surface area contributed by atoms with Gasteiger partial charge >= 0.3 is 11.9 Å². The Morgan fingerprint density at radius 1 is 0.542 bits per heavy atom. The molecule has 2 amide bonds. The third kappa shape index (κ3) is 11.1. The second-order valence-corrected chi connectivity index (χ2v) is 21.6. The lowest BCUT2D eigenvalue weighted by atomic mass is 9.81. The van der Waals surface area contributed by atoms with Gasteiger partial charge in [0, 0.05) is 122 Å². The fraction of sp³-hybridized carbons (Fsp3) is 0.429. The number of carbonyl (C=O) groups is 4. The van der Waals surface area contributed by atoms with E-state index in [1.165, 1.54) is 41.3 Å². The summed E-state index contributed by atoms with van der Waals surface area (Å²) in [7, 11) is 0. The van der Waals surface area contributed by atoms with E-state index in [9.17, 15) is 29.4 Å². The Balaban J connectivity index is 0.736. The largest absolute Gasteiger partial charge is 0.494 e. The number of hydrogen-bond donors (Lipinski definition) is 2. The van der Waals surface area contributed by atoms with Crippen LogP contribution >= 0.6 is 22.7 Å². The Morgan fingerprint density at radius 3 is 1.43 bits per heavy atom. The zero-order valence-electron chi connectivity index (χ0n) is 40.8. The summed E-state index contributed by atoms with van der Waals surface area (Å²) in [5, 5.41) is 28.3. The van der Waals surface area contributed by atoms with Crippen LogP contribution in [0.2, 0.25) is 0 Å². The first-order chi connectivity index (χ1) is 35.1. The summed E-state index contributed by atoms with van der Waals surface area (Å²) in [5.74, 6) is -2.24. The number of nitrogens with zero attached hydrogens (tertiary/aromatic N) is 6. The zero-order chi connectivity index (χ0) is 49.6. The lowest BCUT2D eigenvalue weighted by Gasteiger charge is -2.41. The van der Waals surface area contributed by atoms with E-state index in [-0.39, 0.29) is 24.7 Å². The summed E-state index contributed by atoms with van der Waals surface area (Å²) >= 11 is 3.55. The maximum Gasteiger partial charge on any atom is 0.313 e. The van der Waals surface area contributed by atoms with Crippen LogP contribution < -0.4 is 29.1 Å². The number of unbranched alkanes of at least 4 members (excludes halogenated alkanes) is 2. The third-order valence-corrected chi connectivity index (χ3v) is 16.8. The molecule has 0 aliphatic carbocycles. The van der Waals surface area contributed by atoms with E-state index in [1.54, 1.807) is 34.8 Å². The first-order valence-electron chi connectivity index (χ1n) is 25.6. The molecule has 0 spiro atoms. The Morgan fingerprint density at radius 2 is 1.00 bits per heavy atom. The highest BCUT2D eigenvalue weighted by molar-refractivity contribution is 7.17. The van der Waals surface area contributed by atoms with Crippen LogP contribution in [0.5, 0.6) is 11.5 Å². The maximum atomic E-state index is 13.8. The minimum absolute atomic E-state index is 0.143. The summed E-state index contributed by atoms with van der Waals surface area (Å²) in [4.78, 5) is 66.6. The van der Waals surface area contributed by atoms with E-state index >= 15 is 0 Å². The summed E-state index contributed by atoms with van der Waals surface area (Å²) in [6.07, 6.45) is 4.01. The minimum atomic E-state index is -2.04. The van der Waals surface area contributed by atoms with Crippen molar-refractivity contribution >= 4 is 89.3 Å². The predicted molar refractivity (Wildman–Crippen MR) is 287 cm³/mol. The lowest BCUT2D eigenvalue weighted by Crippen LogP contribution is -2.55. The van der Waals surface area contributed by atoms with Crippen molar-refractivity contribution in [2.24, 2.45) is 5.41 Å². The third-order valence-electron chi connectivity index (χ3n) is 15.0. The molecule has 0 unspecified atom stereocenters. The molecule has 4 aliphatic rings. The molecule has 2 fully saturated rings. The summed E-state index contributed by atoms with van der Waals surface area (Å²) in [6, 6.07) is 28.6. The van der Waals surface area contributed by atoms with Gasteiger partial charge in [-0.15, -0.1) is 22.7 Å². The van der Waals surface area contributed by atoms with Crippen LogP contribution in [0.25, 0.3) is 20.2 Å². The molecule has 10 rings (SSSR count). The van der Waals surface area contributed by atoms with Crippen LogP contribution in [-0.2, 0) is 32.0 Å². The predicted octanol–water partition coefficient (Wildman–Crippen LogP) is 8.88. The van der Waals surface area contributed by atoms with Crippen molar-refractivity contribution in [3.63, 3.8) is 0 Å². The Bertz CT molecular complexity index is 2730. The molecule has 378 valence electrons. The second-order valence-electron chi connectivity index (χ2n) is 19.7. The van der Waals surface area contributed by atoms with Gasteiger partial charge in [0.2, 0.25) is 11.8 Å². The number of fused-ring (bicyclic) bond motifs is 4. The molecule has 0 saturated carbocycles. The van der Waals surface area contributed by atoms with Crippen molar-refractivity contribution in [1.82, 2.24) is 9.80 Å². The lowest BCUT2D eigenvalue weighted by molar-refractivity contribution is -0.155. The zero-order valence-corrected chi connectivity index (χ0v) is 42.5. The van der Waals surface area contributed by atoms with E-state index in [2.05, 4.69) is 78.9 Å². The van der Waals surface area contributed by atoms with Crippen LogP contribution in [0.3, 0.4) is 0 Å². The number of carboxylic acids is 2. The van der Waals surface area contributed by atoms with Gasteiger partial charge in [0.1, 0.15) is 16.9 Å². The van der Waals surface area contributed by atoms with Gasteiger partial charge in [0.05, 0.1) is 31.0 Å². The highest BCUT2D eigenvalue weighted by atomic mass is 32.1. The number of piperazine rings is 2. The minimum Gasteiger partial charge on any atom is -0.494 e. The summed E-state index contributed by atoms with van der Waals surface area (Å²) in [5.41, 5.74) is 3.28. The molecule has 0 atom stereocenters. The van der Waals surface area contributed by atoms with Crippen molar-refractivity contribution in [2.75, 3.05) is 111 Å². The molecule has 2 saturated heterocycles. The molecule has 4 aliphatic heterocycles. The number of benzene rings is 4. The first kappa shape index (κ1) is 49.4. The topological polar surface area (TPSA) is 147 Å². The van der Waals surface area contributed by atoms with Gasteiger partial charge in [-0.25, -0.2) is 0 Å². The molecule has 6 aromatic rings. The molecule has 0 bridgehead atoms. The van der Waals surface area contributed by atoms with Crippen molar-refractivity contribution in [3.8, 4) is 11.5 Å². The number of ether oxygens (including phenoxy) is 2. The van der Waals surface area contributed by atoms with E-state index in [0.29, 0.717) is 48.9 Å². The number of hydrogen-bond acceptors (Lipinski definition) is 12. The second kappa shape index (κ2) is 22.3. The molecular formula is C56H64N6O8S2. The number of carbonyl (C=O) groups excluding carboxylic acids is 2. The first-order valence-corrected chi connectivity index (χ1v) is 27.3. The molecule has 72 heavy (non-hydrogen) atoms. The number of amides is 2. The maximum absolute atomic E-state index is 13.8. The van der Waals surface area contributed by atoms with Crippen LogP contribution in [0.1, 0.15) is 56.1 Å². The average Bonchev–Trinajstić information content (AvgIpc) is 4.09. The summed E-state index contributed by atoms with van der Waals surface area (Å²) in [6.45, 7) is 9.94. The molecule has 16 heteroatoms. The van der Waals surface area contributed by atoms with Gasteiger partial charge in [-0.1, -0.05) is 24.3 Å². The fourth-order valence-corrected chi connectivity index (χ4v) is 12.6. The van der Waals surface area contributed by atoms with Crippen LogP contribution in [0.15, 0.2) is 95.7 Å². The van der Waals surface area contributed by atoms with E-state index < -0.39 is 36.9 Å². The van der Waals surface area contributed by atoms with E-state index in [1.807, 2.05) is 24.3 Å². The molecule has 2 aromatic heterocycles. The smallest absolute Gasteiger partial charge is 0.313 e. The quantitative estimate of drug-likeness (QED) is 0.0665. The van der Waals surface area contributed by atoms with Crippen molar-refractivity contribution in [1.29, 1.82) is 0 Å². The molecule has 14 nitrogen and oxygen atoms in total. The van der Waals surface area contributed by atoms with Crippen LogP contribution in [-0.4, -0.2) is 136 Å². The number of aliphatic carboxylic acids is 2. The number of aryl methyl sites for hydroxylation is 2. The highest BCUT2D eigenvalue weighted by Gasteiger charge is 2.48. The van der Waals surface area contributed by atoms with Crippen molar-refractivity contribution < 1.29 is 38.9 Å². The van der Waals surface area contributed by atoms with Gasteiger partial charge < -0.3 is 39.3 Å². The Kier molecular flexibility index (Phi) is 15.3. The van der Waals surface area contributed by atoms with Gasteiger partial charge in [-0.05, 0) is 122 Å². The Labute approximate surface area is 428 Å². The number of carboxylic acid groups (broad SMARTS) is 2. The molecule has 0 radical (unpaired) electrons. The van der Waals surface area contributed by atoms with Crippen LogP contribution in [0, 0.1) is 5.41 Å². The number of thiophene rings is 2.